The Hall–Kier alpha value is -2.24. The molecule has 0 aliphatic heterocycles. The predicted octanol–water partition coefficient (Wildman–Crippen LogP) is 0.570. The van der Waals surface area contributed by atoms with Gasteiger partial charge in [0.05, 0.1) is 18.4 Å². The number of hydrogen-bond donors (Lipinski definition) is 2. The Balaban J connectivity index is 2.64. The van der Waals surface area contributed by atoms with Gasteiger partial charge in [0.25, 0.3) is 5.91 Å². The smallest absolute Gasteiger partial charge is 0.338 e. The lowest BCUT2D eigenvalue weighted by Crippen LogP contribution is -2.28. The zero-order valence-corrected chi connectivity index (χ0v) is 10.4. The van der Waals surface area contributed by atoms with Gasteiger partial charge in [0.1, 0.15) is 5.75 Å². The number of nitrogens with two attached hydrogens (primary N) is 1. The van der Waals surface area contributed by atoms with Gasteiger partial charge in [0.15, 0.2) is 6.61 Å². The first kappa shape index (κ1) is 13.8. The van der Waals surface area contributed by atoms with E-state index in [1.807, 2.05) is 0 Å². The summed E-state index contributed by atoms with van der Waals surface area (Å²) in [5.74, 6) is -0.546. The molecular formula is C12H16N2O4. The summed E-state index contributed by atoms with van der Waals surface area (Å²) >= 11 is 0. The van der Waals surface area contributed by atoms with Crippen LogP contribution >= 0.6 is 0 Å². The number of carbonyl (C=O) groups is 2. The van der Waals surface area contributed by atoms with Crippen LogP contribution in [0, 0.1) is 0 Å². The van der Waals surface area contributed by atoms with Crippen molar-refractivity contribution in [3.8, 4) is 5.75 Å². The molecule has 1 rings (SSSR count). The van der Waals surface area contributed by atoms with Gasteiger partial charge >= 0.3 is 5.97 Å². The number of esters is 1. The second kappa shape index (κ2) is 6.48. The molecule has 0 unspecified atom stereocenters. The molecule has 1 aromatic rings. The van der Waals surface area contributed by atoms with Crippen LogP contribution in [0.1, 0.15) is 17.3 Å². The van der Waals surface area contributed by atoms with E-state index in [2.05, 4.69) is 5.32 Å². The summed E-state index contributed by atoms with van der Waals surface area (Å²) in [6, 6.07) is 4.52. The van der Waals surface area contributed by atoms with E-state index in [9.17, 15) is 9.59 Å². The highest BCUT2D eigenvalue weighted by Crippen LogP contribution is 2.22. The third-order valence-electron chi connectivity index (χ3n) is 2.18. The number of anilines is 1. The summed E-state index contributed by atoms with van der Waals surface area (Å²) in [5.41, 5.74) is 6.33. The maximum Gasteiger partial charge on any atom is 0.338 e. The third kappa shape index (κ3) is 3.65. The lowest BCUT2D eigenvalue weighted by molar-refractivity contribution is -0.124. The minimum Gasteiger partial charge on any atom is -0.495 e. The van der Waals surface area contributed by atoms with Gasteiger partial charge in [0, 0.05) is 6.54 Å². The Labute approximate surface area is 105 Å². The van der Waals surface area contributed by atoms with Crippen LogP contribution in [-0.2, 0) is 9.53 Å². The van der Waals surface area contributed by atoms with E-state index in [1.54, 1.807) is 13.0 Å². The van der Waals surface area contributed by atoms with Gasteiger partial charge in [0.2, 0.25) is 0 Å². The van der Waals surface area contributed by atoms with Crippen LogP contribution in [0.15, 0.2) is 18.2 Å². The van der Waals surface area contributed by atoms with Crippen molar-refractivity contribution in [2.45, 2.75) is 6.92 Å². The number of hydrogen-bond acceptors (Lipinski definition) is 5. The molecule has 0 bridgehead atoms. The summed E-state index contributed by atoms with van der Waals surface area (Å²) in [5, 5.41) is 2.52. The highest BCUT2D eigenvalue weighted by atomic mass is 16.5. The molecule has 0 aliphatic carbocycles. The number of amides is 1. The van der Waals surface area contributed by atoms with Crippen LogP contribution in [0.2, 0.25) is 0 Å². The highest BCUT2D eigenvalue weighted by molar-refractivity contribution is 5.92. The molecule has 6 nitrogen and oxygen atoms in total. The molecule has 3 N–H and O–H groups in total. The predicted molar refractivity (Wildman–Crippen MR) is 66.4 cm³/mol. The monoisotopic (exact) mass is 252 g/mol. The Morgan fingerprint density at radius 3 is 2.72 bits per heavy atom. The van der Waals surface area contributed by atoms with Crippen molar-refractivity contribution in [2.24, 2.45) is 0 Å². The van der Waals surface area contributed by atoms with Gasteiger partial charge in [-0.1, -0.05) is 0 Å². The Kier molecular flexibility index (Phi) is 4.98. The van der Waals surface area contributed by atoms with E-state index in [1.165, 1.54) is 19.2 Å². The maximum absolute atomic E-state index is 11.6. The molecule has 0 saturated heterocycles. The van der Waals surface area contributed by atoms with Crippen molar-refractivity contribution in [1.82, 2.24) is 5.32 Å². The van der Waals surface area contributed by atoms with Crippen molar-refractivity contribution in [1.29, 1.82) is 0 Å². The lowest BCUT2D eigenvalue weighted by atomic mass is 10.2. The SMILES string of the molecule is CCNC(=O)COC(=O)c1ccc(N)c(OC)c1. The average Bonchev–Trinajstić information content (AvgIpc) is 2.37. The van der Waals surface area contributed by atoms with Crippen LogP contribution in [0.3, 0.4) is 0 Å². The Morgan fingerprint density at radius 2 is 2.11 bits per heavy atom. The molecule has 0 radical (unpaired) electrons. The van der Waals surface area contributed by atoms with Crippen molar-refractivity contribution < 1.29 is 19.1 Å². The molecule has 0 fully saturated rings. The normalized spacial score (nSPS) is 9.67. The van der Waals surface area contributed by atoms with E-state index in [-0.39, 0.29) is 18.1 Å². The zero-order chi connectivity index (χ0) is 13.5. The molecule has 0 atom stereocenters. The fourth-order valence-corrected chi connectivity index (χ4v) is 1.30. The summed E-state index contributed by atoms with van der Waals surface area (Å²) in [6.07, 6.45) is 0. The molecule has 1 aromatic carbocycles. The number of rotatable bonds is 5. The second-order valence-electron chi connectivity index (χ2n) is 3.49. The standard InChI is InChI=1S/C12H16N2O4/c1-3-14-11(15)7-18-12(16)8-4-5-9(13)10(6-8)17-2/h4-6H,3,7,13H2,1-2H3,(H,14,15). The van der Waals surface area contributed by atoms with E-state index >= 15 is 0 Å². The molecule has 1 amide bonds. The molecule has 0 aliphatic rings. The molecule has 0 heterocycles. The van der Waals surface area contributed by atoms with Crippen LogP contribution in [-0.4, -0.2) is 32.1 Å². The van der Waals surface area contributed by atoms with Crippen LogP contribution in [0.4, 0.5) is 5.69 Å². The van der Waals surface area contributed by atoms with E-state index in [4.69, 9.17) is 15.2 Å². The minimum atomic E-state index is -0.598. The number of likely N-dealkylation sites (N-methyl/N-ethyl adjacent to an activating group) is 1. The van der Waals surface area contributed by atoms with Gasteiger partial charge in [-0.15, -0.1) is 0 Å². The van der Waals surface area contributed by atoms with Gasteiger partial charge < -0.3 is 20.5 Å². The quantitative estimate of drug-likeness (QED) is 0.590. The zero-order valence-electron chi connectivity index (χ0n) is 10.4. The second-order valence-corrected chi connectivity index (χ2v) is 3.49. The average molecular weight is 252 g/mol. The molecule has 0 spiro atoms. The fourth-order valence-electron chi connectivity index (χ4n) is 1.30. The molecular weight excluding hydrogens is 236 g/mol. The molecule has 98 valence electrons. The van der Waals surface area contributed by atoms with Gasteiger partial charge in [-0.25, -0.2) is 4.79 Å². The van der Waals surface area contributed by atoms with Gasteiger partial charge in [-0.05, 0) is 25.1 Å². The Morgan fingerprint density at radius 1 is 1.39 bits per heavy atom. The van der Waals surface area contributed by atoms with Crippen molar-refractivity contribution >= 4 is 17.6 Å². The number of nitrogen functional groups attached to an aromatic ring is 1. The summed E-state index contributed by atoms with van der Waals surface area (Å²) in [6.45, 7) is 1.97. The minimum absolute atomic E-state index is 0.283. The summed E-state index contributed by atoms with van der Waals surface area (Å²) in [4.78, 5) is 22.8. The fraction of sp³-hybridized carbons (Fsp3) is 0.333. The first-order valence-corrected chi connectivity index (χ1v) is 5.45. The van der Waals surface area contributed by atoms with Crippen molar-refractivity contribution in [3.05, 3.63) is 23.8 Å². The highest BCUT2D eigenvalue weighted by Gasteiger charge is 2.11. The Bertz CT molecular complexity index is 446. The lowest BCUT2D eigenvalue weighted by Gasteiger charge is -2.08. The summed E-state index contributed by atoms with van der Waals surface area (Å²) < 4.78 is 9.82. The number of benzene rings is 1. The van der Waals surface area contributed by atoms with Crippen molar-refractivity contribution in [2.75, 3.05) is 26.0 Å². The molecule has 0 saturated carbocycles. The van der Waals surface area contributed by atoms with Crippen LogP contribution in [0.25, 0.3) is 0 Å². The van der Waals surface area contributed by atoms with Gasteiger partial charge in [-0.2, -0.15) is 0 Å². The largest absolute Gasteiger partial charge is 0.495 e. The number of ether oxygens (including phenoxy) is 2. The van der Waals surface area contributed by atoms with Gasteiger partial charge in [-0.3, -0.25) is 4.79 Å². The number of nitrogens with one attached hydrogen (secondary N) is 1. The summed E-state index contributed by atoms with van der Waals surface area (Å²) in [7, 11) is 1.45. The topological polar surface area (TPSA) is 90.7 Å². The van der Waals surface area contributed by atoms with E-state index < -0.39 is 5.97 Å². The third-order valence-corrected chi connectivity index (χ3v) is 2.18. The molecule has 18 heavy (non-hydrogen) atoms. The molecule has 0 aromatic heterocycles. The van der Waals surface area contributed by atoms with Crippen LogP contribution in [0.5, 0.6) is 5.75 Å². The van der Waals surface area contributed by atoms with Crippen LogP contribution < -0.4 is 15.8 Å². The van der Waals surface area contributed by atoms with E-state index in [0.29, 0.717) is 18.0 Å². The number of methoxy groups -OCH3 is 1. The van der Waals surface area contributed by atoms with Crippen molar-refractivity contribution in [3.63, 3.8) is 0 Å². The number of carbonyl (C=O) groups excluding carboxylic acids is 2. The first-order chi connectivity index (χ1) is 8.58. The first-order valence-electron chi connectivity index (χ1n) is 5.45. The maximum atomic E-state index is 11.6. The van der Waals surface area contributed by atoms with E-state index in [0.717, 1.165) is 0 Å². The molecule has 6 heteroatoms.